The number of hydrogen-bond donors (Lipinski definition) is 1. The molecule has 2 unspecified atom stereocenters. The molecule has 2 rings (SSSR count). The van der Waals surface area contributed by atoms with Crippen molar-refractivity contribution in [2.24, 2.45) is 11.1 Å². The third kappa shape index (κ3) is 3.07. The summed E-state index contributed by atoms with van der Waals surface area (Å²) in [5.41, 5.74) is 6.12. The van der Waals surface area contributed by atoms with Crippen LogP contribution in [0.5, 0.6) is 0 Å². The van der Waals surface area contributed by atoms with E-state index in [1.54, 1.807) is 4.90 Å². The smallest absolute Gasteiger partial charge is 0.230 e. The molecule has 1 fully saturated rings. The van der Waals surface area contributed by atoms with Crippen molar-refractivity contribution >= 4 is 5.91 Å². The Kier molecular flexibility index (Phi) is 4.61. The summed E-state index contributed by atoms with van der Waals surface area (Å²) in [7, 11) is 0. The number of carbonyl (C=O) groups is 1. The third-order valence-electron chi connectivity index (χ3n) is 4.54. The Morgan fingerprint density at radius 3 is 2.67 bits per heavy atom. The molecule has 1 aliphatic rings. The molecule has 5 heteroatoms. The van der Waals surface area contributed by atoms with Crippen molar-refractivity contribution in [3.05, 3.63) is 35.4 Å². The first-order valence-electron chi connectivity index (χ1n) is 7.37. The van der Waals surface area contributed by atoms with Gasteiger partial charge < -0.3 is 10.6 Å². The Hall–Kier alpha value is -1.49. The second kappa shape index (κ2) is 6.10. The minimum absolute atomic E-state index is 0.000247. The Morgan fingerprint density at radius 1 is 1.43 bits per heavy atom. The van der Waals surface area contributed by atoms with Crippen LogP contribution in [0.25, 0.3) is 0 Å². The molecule has 116 valence electrons. The Balaban J connectivity index is 2.16. The van der Waals surface area contributed by atoms with Crippen LogP contribution in [0.15, 0.2) is 18.2 Å². The lowest BCUT2D eigenvalue weighted by atomic mass is 9.83. The standard InChI is InChI=1S/C16H22F2N2O/c1-3-20(10-11-6-7-12(17)13(18)9-11)15(21)16(2)8-4-5-14(16)19/h6-7,9,14H,3-5,8,10,19H2,1-2H3. The van der Waals surface area contributed by atoms with Crippen LogP contribution in [0.3, 0.4) is 0 Å². The number of halogens is 2. The van der Waals surface area contributed by atoms with Crippen LogP contribution < -0.4 is 5.73 Å². The molecule has 3 nitrogen and oxygen atoms in total. The molecule has 1 aromatic rings. The molecule has 21 heavy (non-hydrogen) atoms. The summed E-state index contributed by atoms with van der Waals surface area (Å²) in [5, 5.41) is 0. The summed E-state index contributed by atoms with van der Waals surface area (Å²) >= 11 is 0. The number of amides is 1. The van der Waals surface area contributed by atoms with Crippen LogP contribution in [0.4, 0.5) is 8.78 Å². The highest BCUT2D eigenvalue weighted by atomic mass is 19.2. The van der Waals surface area contributed by atoms with E-state index in [2.05, 4.69) is 0 Å². The molecule has 0 heterocycles. The normalized spacial score (nSPS) is 25.1. The second-order valence-corrected chi connectivity index (χ2v) is 5.98. The quantitative estimate of drug-likeness (QED) is 0.928. The average Bonchev–Trinajstić information content (AvgIpc) is 2.80. The molecule has 0 spiro atoms. The first kappa shape index (κ1) is 15.9. The van der Waals surface area contributed by atoms with Gasteiger partial charge >= 0.3 is 0 Å². The molecule has 1 aliphatic carbocycles. The lowest BCUT2D eigenvalue weighted by molar-refractivity contribution is -0.142. The molecule has 2 N–H and O–H groups in total. The van der Waals surface area contributed by atoms with E-state index < -0.39 is 17.0 Å². The van der Waals surface area contributed by atoms with Crippen molar-refractivity contribution in [3.8, 4) is 0 Å². The SMILES string of the molecule is CCN(Cc1ccc(F)c(F)c1)C(=O)C1(C)CCCC1N. The van der Waals surface area contributed by atoms with E-state index in [9.17, 15) is 13.6 Å². The highest BCUT2D eigenvalue weighted by Crippen LogP contribution is 2.38. The first-order chi connectivity index (χ1) is 9.88. The zero-order chi connectivity index (χ0) is 15.6. The summed E-state index contributed by atoms with van der Waals surface area (Å²) in [6.07, 6.45) is 2.58. The van der Waals surface area contributed by atoms with Gasteiger partial charge in [0.05, 0.1) is 5.41 Å². The zero-order valence-corrected chi connectivity index (χ0v) is 12.5. The van der Waals surface area contributed by atoms with E-state index in [0.29, 0.717) is 12.1 Å². The minimum Gasteiger partial charge on any atom is -0.338 e. The average molecular weight is 296 g/mol. The fourth-order valence-electron chi connectivity index (χ4n) is 3.01. The van der Waals surface area contributed by atoms with Gasteiger partial charge in [0.25, 0.3) is 0 Å². The first-order valence-corrected chi connectivity index (χ1v) is 7.37. The topological polar surface area (TPSA) is 46.3 Å². The van der Waals surface area contributed by atoms with E-state index in [0.717, 1.165) is 31.4 Å². The number of rotatable bonds is 4. The van der Waals surface area contributed by atoms with Crippen molar-refractivity contribution in [2.75, 3.05) is 6.54 Å². The Bertz CT molecular complexity index is 535. The molecule has 1 aromatic carbocycles. The van der Waals surface area contributed by atoms with E-state index in [4.69, 9.17) is 5.73 Å². The molecule has 0 bridgehead atoms. The van der Waals surface area contributed by atoms with Gasteiger partial charge in [-0.3, -0.25) is 4.79 Å². The fourth-order valence-corrected chi connectivity index (χ4v) is 3.01. The molecule has 1 saturated carbocycles. The van der Waals surface area contributed by atoms with Gasteiger partial charge in [0.1, 0.15) is 0 Å². The maximum atomic E-state index is 13.3. The molecule has 0 saturated heterocycles. The number of nitrogens with two attached hydrogens (primary N) is 1. The van der Waals surface area contributed by atoms with Crippen molar-refractivity contribution < 1.29 is 13.6 Å². The van der Waals surface area contributed by atoms with Gasteiger partial charge in [-0.15, -0.1) is 0 Å². The predicted octanol–water partition coefficient (Wildman–Crippen LogP) is 2.83. The van der Waals surface area contributed by atoms with Crippen molar-refractivity contribution in [1.82, 2.24) is 4.90 Å². The van der Waals surface area contributed by atoms with Gasteiger partial charge in [-0.05, 0) is 44.4 Å². The lowest BCUT2D eigenvalue weighted by Crippen LogP contribution is -2.49. The van der Waals surface area contributed by atoms with Crippen LogP contribution in [0.2, 0.25) is 0 Å². The zero-order valence-electron chi connectivity index (χ0n) is 12.5. The van der Waals surface area contributed by atoms with Crippen molar-refractivity contribution in [1.29, 1.82) is 0 Å². The van der Waals surface area contributed by atoms with Gasteiger partial charge in [-0.2, -0.15) is 0 Å². The predicted molar refractivity (Wildman–Crippen MR) is 77.4 cm³/mol. The van der Waals surface area contributed by atoms with Crippen LogP contribution in [0.1, 0.15) is 38.7 Å². The number of hydrogen-bond acceptors (Lipinski definition) is 2. The van der Waals surface area contributed by atoms with E-state index in [1.807, 2.05) is 13.8 Å². The van der Waals surface area contributed by atoms with Crippen LogP contribution >= 0.6 is 0 Å². The van der Waals surface area contributed by atoms with E-state index in [1.165, 1.54) is 6.07 Å². The molecule has 1 amide bonds. The van der Waals surface area contributed by atoms with Gasteiger partial charge in [0, 0.05) is 19.1 Å². The fraction of sp³-hybridized carbons (Fsp3) is 0.562. The van der Waals surface area contributed by atoms with Crippen molar-refractivity contribution in [3.63, 3.8) is 0 Å². The Labute approximate surface area is 124 Å². The van der Waals surface area contributed by atoms with Crippen LogP contribution in [-0.2, 0) is 11.3 Å². The summed E-state index contributed by atoms with van der Waals surface area (Å²) in [4.78, 5) is 14.4. The molecular weight excluding hydrogens is 274 g/mol. The maximum absolute atomic E-state index is 13.3. The van der Waals surface area contributed by atoms with E-state index >= 15 is 0 Å². The summed E-state index contributed by atoms with van der Waals surface area (Å²) < 4.78 is 26.2. The molecule has 0 radical (unpaired) electrons. The van der Waals surface area contributed by atoms with Gasteiger partial charge in [0.15, 0.2) is 11.6 Å². The molecular formula is C16H22F2N2O. The highest BCUT2D eigenvalue weighted by Gasteiger charge is 2.44. The summed E-state index contributed by atoms with van der Waals surface area (Å²) in [6.45, 7) is 4.57. The molecule has 0 aromatic heterocycles. The summed E-state index contributed by atoms with van der Waals surface area (Å²) in [5.74, 6) is -1.77. The van der Waals surface area contributed by atoms with Gasteiger partial charge in [-0.25, -0.2) is 8.78 Å². The summed E-state index contributed by atoms with van der Waals surface area (Å²) in [6, 6.07) is 3.60. The molecule has 0 aliphatic heterocycles. The van der Waals surface area contributed by atoms with Gasteiger partial charge in [0.2, 0.25) is 5.91 Å². The minimum atomic E-state index is -0.889. The van der Waals surface area contributed by atoms with E-state index in [-0.39, 0.29) is 18.5 Å². The maximum Gasteiger partial charge on any atom is 0.230 e. The van der Waals surface area contributed by atoms with Gasteiger partial charge in [-0.1, -0.05) is 12.5 Å². The number of carbonyl (C=O) groups excluding carboxylic acids is 1. The van der Waals surface area contributed by atoms with Crippen molar-refractivity contribution in [2.45, 2.75) is 45.7 Å². The highest BCUT2D eigenvalue weighted by molar-refractivity contribution is 5.83. The number of benzene rings is 1. The third-order valence-corrected chi connectivity index (χ3v) is 4.54. The lowest BCUT2D eigenvalue weighted by Gasteiger charge is -2.34. The van der Waals surface area contributed by atoms with Crippen LogP contribution in [-0.4, -0.2) is 23.4 Å². The monoisotopic (exact) mass is 296 g/mol. The Morgan fingerprint density at radius 2 is 2.14 bits per heavy atom. The number of nitrogens with zero attached hydrogens (tertiary/aromatic N) is 1. The largest absolute Gasteiger partial charge is 0.338 e. The van der Waals surface area contributed by atoms with Crippen LogP contribution in [0, 0.1) is 17.0 Å². The second-order valence-electron chi connectivity index (χ2n) is 5.98. The molecule has 2 atom stereocenters.